The summed E-state index contributed by atoms with van der Waals surface area (Å²) in [5.74, 6) is -0.439. The summed E-state index contributed by atoms with van der Waals surface area (Å²) in [6.07, 6.45) is 0. The molecule has 3 N–H and O–H groups in total. The van der Waals surface area contributed by atoms with Crippen LogP contribution >= 0.6 is 0 Å². The van der Waals surface area contributed by atoms with Crippen LogP contribution in [0.2, 0.25) is 0 Å². The number of anilines is 1. The highest BCUT2D eigenvalue weighted by atomic mass is 32.2. The molecular weight excluding hydrogens is 304 g/mol. The first-order valence-corrected chi connectivity index (χ1v) is 8.15. The van der Waals surface area contributed by atoms with Gasteiger partial charge in [0.25, 0.3) is 0 Å². The summed E-state index contributed by atoms with van der Waals surface area (Å²) < 4.78 is 26.6. The van der Waals surface area contributed by atoms with Gasteiger partial charge in [-0.3, -0.25) is 9.89 Å². The molecule has 7 nitrogen and oxygen atoms in total. The third-order valence-corrected chi connectivity index (χ3v) is 4.75. The average Bonchev–Trinajstić information content (AvgIpc) is 2.79. The molecule has 0 saturated heterocycles. The normalized spacial score (nSPS) is 11.4. The van der Waals surface area contributed by atoms with Crippen molar-refractivity contribution in [3.8, 4) is 0 Å². The van der Waals surface area contributed by atoms with Crippen LogP contribution in [0.5, 0.6) is 0 Å². The van der Waals surface area contributed by atoms with E-state index in [0.29, 0.717) is 17.1 Å². The van der Waals surface area contributed by atoms with Gasteiger partial charge in [0.15, 0.2) is 0 Å². The molecule has 8 heteroatoms. The van der Waals surface area contributed by atoms with E-state index in [1.165, 1.54) is 0 Å². The summed E-state index contributed by atoms with van der Waals surface area (Å²) in [7, 11) is -3.78. The van der Waals surface area contributed by atoms with Crippen LogP contribution in [0.1, 0.15) is 17.0 Å². The molecule has 2 rings (SSSR count). The first-order valence-electron chi connectivity index (χ1n) is 6.67. The molecule has 0 fully saturated rings. The van der Waals surface area contributed by atoms with Crippen molar-refractivity contribution in [2.45, 2.75) is 25.7 Å². The number of benzene rings is 1. The number of carbonyl (C=O) groups is 1. The van der Waals surface area contributed by atoms with Crippen molar-refractivity contribution in [1.29, 1.82) is 0 Å². The van der Waals surface area contributed by atoms with E-state index in [1.54, 1.807) is 26.0 Å². The molecule has 0 saturated carbocycles. The molecular formula is C14H18N4O3S. The molecule has 2 aromatic rings. The van der Waals surface area contributed by atoms with Crippen LogP contribution in [0.15, 0.2) is 29.2 Å². The van der Waals surface area contributed by atoms with Crippen LogP contribution in [-0.2, 0) is 14.8 Å². The molecule has 0 unspecified atom stereocenters. The molecule has 0 aliphatic heterocycles. The van der Waals surface area contributed by atoms with Crippen LogP contribution in [-0.4, -0.2) is 31.1 Å². The van der Waals surface area contributed by atoms with Gasteiger partial charge in [0.1, 0.15) is 4.90 Å². The minimum Gasteiger partial charge on any atom is -0.325 e. The predicted octanol–water partition coefficient (Wildman–Crippen LogP) is 1.25. The lowest BCUT2D eigenvalue weighted by atomic mass is 10.2. The minimum atomic E-state index is -3.78. The Morgan fingerprint density at radius 1 is 1.18 bits per heavy atom. The quantitative estimate of drug-likeness (QED) is 0.770. The molecule has 1 aromatic heterocycles. The summed E-state index contributed by atoms with van der Waals surface area (Å²) in [6.45, 7) is 4.79. The van der Waals surface area contributed by atoms with Gasteiger partial charge in [0.2, 0.25) is 15.9 Å². The largest absolute Gasteiger partial charge is 0.325 e. The lowest BCUT2D eigenvalue weighted by Crippen LogP contribution is -2.33. The number of hydrogen-bond donors (Lipinski definition) is 3. The fourth-order valence-electron chi connectivity index (χ4n) is 2.01. The van der Waals surface area contributed by atoms with Crippen molar-refractivity contribution < 1.29 is 13.2 Å². The van der Waals surface area contributed by atoms with Gasteiger partial charge in [0.05, 0.1) is 17.9 Å². The molecule has 0 aliphatic rings. The summed E-state index contributed by atoms with van der Waals surface area (Å²) in [5.41, 5.74) is 2.49. The van der Waals surface area contributed by atoms with Crippen molar-refractivity contribution in [3.05, 3.63) is 41.2 Å². The van der Waals surface area contributed by atoms with Crippen LogP contribution in [0.3, 0.4) is 0 Å². The van der Waals surface area contributed by atoms with Gasteiger partial charge in [-0.2, -0.15) is 5.10 Å². The number of sulfonamides is 1. The first-order chi connectivity index (χ1) is 10.3. The Morgan fingerprint density at radius 2 is 1.82 bits per heavy atom. The predicted molar refractivity (Wildman–Crippen MR) is 83.1 cm³/mol. The molecule has 1 aromatic carbocycles. The number of nitrogens with zero attached hydrogens (tertiary/aromatic N) is 1. The molecule has 118 valence electrons. The standard InChI is InChI=1S/C14H18N4O3S/c1-9-4-6-12(7-5-9)16-13(19)8-15-22(20,21)14-10(2)17-18-11(14)3/h4-7,15H,8H2,1-3H3,(H,16,19)(H,17,18). The second-order valence-electron chi connectivity index (χ2n) is 5.00. The van der Waals surface area contributed by atoms with E-state index in [0.717, 1.165) is 5.56 Å². The fraction of sp³-hybridized carbons (Fsp3) is 0.286. The summed E-state index contributed by atoms with van der Waals surface area (Å²) in [5, 5.41) is 9.07. The van der Waals surface area contributed by atoms with Crippen LogP contribution in [0, 0.1) is 20.8 Å². The molecule has 1 heterocycles. The Bertz CT molecular complexity index is 759. The number of aromatic amines is 1. The van der Waals surface area contributed by atoms with Crippen molar-refractivity contribution in [2.75, 3.05) is 11.9 Å². The zero-order chi connectivity index (χ0) is 16.3. The van der Waals surface area contributed by atoms with Crippen molar-refractivity contribution in [3.63, 3.8) is 0 Å². The Kier molecular flexibility index (Phi) is 4.62. The van der Waals surface area contributed by atoms with Gasteiger partial charge in [-0.05, 0) is 32.9 Å². The van der Waals surface area contributed by atoms with Gasteiger partial charge >= 0.3 is 0 Å². The number of aryl methyl sites for hydroxylation is 3. The molecule has 0 aliphatic carbocycles. The van der Waals surface area contributed by atoms with Crippen LogP contribution in [0.4, 0.5) is 5.69 Å². The molecule has 0 atom stereocenters. The Hall–Kier alpha value is -2.19. The number of nitrogens with one attached hydrogen (secondary N) is 3. The summed E-state index contributed by atoms with van der Waals surface area (Å²) in [6, 6.07) is 7.23. The average molecular weight is 322 g/mol. The highest BCUT2D eigenvalue weighted by Crippen LogP contribution is 2.16. The van der Waals surface area contributed by atoms with E-state index in [1.807, 2.05) is 19.1 Å². The topological polar surface area (TPSA) is 104 Å². The lowest BCUT2D eigenvalue weighted by Gasteiger charge is -2.08. The van der Waals surface area contributed by atoms with Gasteiger partial charge in [-0.1, -0.05) is 17.7 Å². The van der Waals surface area contributed by atoms with Crippen molar-refractivity contribution in [2.24, 2.45) is 0 Å². The Morgan fingerprint density at radius 3 is 2.36 bits per heavy atom. The number of H-pyrrole nitrogens is 1. The van der Waals surface area contributed by atoms with Crippen molar-refractivity contribution >= 4 is 21.6 Å². The highest BCUT2D eigenvalue weighted by molar-refractivity contribution is 7.89. The summed E-state index contributed by atoms with van der Waals surface area (Å²) in [4.78, 5) is 11.9. The van der Waals surface area contributed by atoms with Gasteiger partial charge in [-0.15, -0.1) is 0 Å². The number of rotatable bonds is 5. The monoisotopic (exact) mass is 322 g/mol. The van der Waals surface area contributed by atoms with Gasteiger partial charge in [0, 0.05) is 5.69 Å². The zero-order valence-electron chi connectivity index (χ0n) is 12.6. The second-order valence-corrected chi connectivity index (χ2v) is 6.71. The number of amides is 1. The number of aromatic nitrogens is 2. The van der Waals surface area contributed by atoms with Gasteiger partial charge in [-0.25, -0.2) is 13.1 Å². The maximum absolute atomic E-state index is 12.2. The molecule has 0 radical (unpaired) electrons. The summed E-state index contributed by atoms with van der Waals surface area (Å²) >= 11 is 0. The van der Waals surface area contributed by atoms with E-state index < -0.39 is 15.9 Å². The van der Waals surface area contributed by atoms with Crippen LogP contribution < -0.4 is 10.0 Å². The number of carbonyl (C=O) groups excluding carboxylic acids is 1. The minimum absolute atomic E-state index is 0.0793. The molecule has 1 amide bonds. The molecule has 0 bridgehead atoms. The second kappa shape index (κ2) is 6.29. The number of hydrogen-bond acceptors (Lipinski definition) is 4. The van der Waals surface area contributed by atoms with Gasteiger partial charge < -0.3 is 5.32 Å². The Balaban J connectivity index is 2.00. The maximum Gasteiger partial charge on any atom is 0.244 e. The smallest absolute Gasteiger partial charge is 0.244 e. The van der Waals surface area contributed by atoms with E-state index >= 15 is 0 Å². The SMILES string of the molecule is Cc1ccc(NC(=O)CNS(=O)(=O)c2c(C)n[nH]c2C)cc1. The Labute approximate surface area is 129 Å². The first kappa shape index (κ1) is 16.2. The van der Waals surface area contributed by atoms with Crippen LogP contribution in [0.25, 0.3) is 0 Å². The highest BCUT2D eigenvalue weighted by Gasteiger charge is 2.22. The van der Waals surface area contributed by atoms with E-state index in [9.17, 15) is 13.2 Å². The van der Waals surface area contributed by atoms with E-state index in [2.05, 4.69) is 20.2 Å². The maximum atomic E-state index is 12.2. The molecule has 22 heavy (non-hydrogen) atoms. The third kappa shape index (κ3) is 3.71. The molecule has 0 spiro atoms. The third-order valence-electron chi connectivity index (χ3n) is 3.09. The van der Waals surface area contributed by atoms with E-state index in [-0.39, 0.29) is 11.4 Å². The zero-order valence-corrected chi connectivity index (χ0v) is 13.4. The van der Waals surface area contributed by atoms with Crippen molar-refractivity contribution in [1.82, 2.24) is 14.9 Å². The lowest BCUT2D eigenvalue weighted by molar-refractivity contribution is -0.115. The fourth-order valence-corrected chi connectivity index (χ4v) is 3.36. The van der Waals surface area contributed by atoms with E-state index in [4.69, 9.17) is 0 Å².